The minimum absolute atomic E-state index is 0.131. The van der Waals surface area contributed by atoms with Crippen LogP contribution in [0.5, 0.6) is 0 Å². The normalized spacial score (nSPS) is 17.7. The molecular formula is C46H60N6O5Si. The molecule has 12 heteroatoms. The minimum Gasteiger partial charge on any atom is -0.444 e. The number of carbonyl (C=O) groups excluding carboxylic acids is 2. The summed E-state index contributed by atoms with van der Waals surface area (Å²) in [6.45, 7) is 20.8. The first-order valence-corrected chi connectivity index (χ1v) is 24.5. The Morgan fingerprint density at radius 2 is 1.26 bits per heavy atom. The lowest BCUT2D eigenvalue weighted by Crippen LogP contribution is -2.37. The smallest absolute Gasteiger partial charge is 0.410 e. The molecule has 2 aromatic heterocycles. The number of imidazole rings is 2. The Morgan fingerprint density at radius 1 is 0.741 bits per heavy atom. The number of amides is 2. The van der Waals surface area contributed by atoms with E-state index in [0.717, 1.165) is 87.9 Å². The van der Waals surface area contributed by atoms with Crippen molar-refractivity contribution < 1.29 is 23.8 Å². The molecule has 0 bridgehead atoms. The average Bonchev–Trinajstić information content (AvgIpc) is 3.97. The minimum atomic E-state index is -1.27. The molecule has 2 aliphatic heterocycles. The Morgan fingerprint density at radius 3 is 1.83 bits per heavy atom. The van der Waals surface area contributed by atoms with Gasteiger partial charge in [0.25, 0.3) is 0 Å². The van der Waals surface area contributed by atoms with E-state index in [4.69, 9.17) is 24.2 Å². The highest BCUT2D eigenvalue weighted by molar-refractivity contribution is 6.76. The number of rotatable bonds is 10. The van der Waals surface area contributed by atoms with Gasteiger partial charge in [-0.05, 0) is 113 Å². The molecule has 0 radical (unpaired) electrons. The molecule has 2 aliphatic rings. The first-order valence-electron chi connectivity index (χ1n) is 20.8. The molecule has 0 spiro atoms. The monoisotopic (exact) mass is 804 g/mol. The van der Waals surface area contributed by atoms with Crippen molar-refractivity contribution in [3.8, 4) is 33.5 Å². The van der Waals surface area contributed by atoms with Gasteiger partial charge < -0.3 is 23.8 Å². The lowest BCUT2D eigenvalue weighted by molar-refractivity contribution is 0.0199. The van der Waals surface area contributed by atoms with Gasteiger partial charge >= 0.3 is 12.2 Å². The topological polar surface area (TPSA) is 115 Å². The molecule has 2 amide bonds. The summed E-state index contributed by atoms with van der Waals surface area (Å²) in [7, 11) is -1.27. The quantitative estimate of drug-likeness (QED) is 0.110. The first-order chi connectivity index (χ1) is 27.4. The Balaban J connectivity index is 1.08. The summed E-state index contributed by atoms with van der Waals surface area (Å²) in [5.41, 5.74) is 7.11. The fourth-order valence-electron chi connectivity index (χ4n) is 7.78. The average molecular weight is 805 g/mol. The second-order valence-corrected chi connectivity index (χ2v) is 24.6. The molecule has 11 nitrogen and oxygen atoms in total. The maximum Gasteiger partial charge on any atom is 0.410 e. The number of aromatic amines is 1. The van der Waals surface area contributed by atoms with E-state index >= 15 is 0 Å². The Kier molecular flexibility index (Phi) is 11.6. The summed E-state index contributed by atoms with van der Waals surface area (Å²) in [4.78, 5) is 43.1. The molecule has 1 N–H and O–H groups in total. The molecule has 0 aliphatic carbocycles. The number of benzene rings is 3. The number of hydrogen-bond acceptors (Lipinski definition) is 7. The summed E-state index contributed by atoms with van der Waals surface area (Å²) in [5.74, 6) is 1.63. The van der Waals surface area contributed by atoms with Crippen LogP contribution in [0.15, 0.2) is 72.9 Å². The van der Waals surface area contributed by atoms with Crippen molar-refractivity contribution in [2.45, 2.75) is 123 Å². The fourth-order valence-corrected chi connectivity index (χ4v) is 8.53. The third-order valence-electron chi connectivity index (χ3n) is 10.7. The van der Waals surface area contributed by atoms with Gasteiger partial charge in [-0.25, -0.2) is 19.6 Å². The zero-order valence-corrected chi connectivity index (χ0v) is 36.7. The van der Waals surface area contributed by atoms with Crippen molar-refractivity contribution in [1.29, 1.82) is 0 Å². The van der Waals surface area contributed by atoms with E-state index in [1.807, 2.05) is 58.7 Å². The van der Waals surface area contributed by atoms with E-state index in [1.54, 1.807) is 4.90 Å². The zero-order valence-electron chi connectivity index (χ0n) is 35.7. The highest BCUT2D eigenvalue weighted by Gasteiger charge is 2.37. The second kappa shape index (κ2) is 16.4. The highest BCUT2D eigenvalue weighted by Crippen LogP contribution is 2.37. The lowest BCUT2D eigenvalue weighted by atomic mass is 9.99. The molecule has 4 heterocycles. The number of fused-ring (bicyclic) bond motifs is 1. The number of carbonyl (C=O) groups is 2. The second-order valence-electron chi connectivity index (χ2n) is 18.9. The first kappa shape index (κ1) is 41.2. The van der Waals surface area contributed by atoms with E-state index in [9.17, 15) is 9.59 Å². The van der Waals surface area contributed by atoms with Crippen LogP contribution < -0.4 is 0 Å². The van der Waals surface area contributed by atoms with E-state index in [1.165, 1.54) is 0 Å². The van der Waals surface area contributed by atoms with E-state index in [2.05, 4.69) is 89.9 Å². The van der Waals surface area contributed by atoms with Crippen LogP contribution in [0.4, 0.5) is 9.59 Å². The molecule has 3 aromatic carbocycles. The van der Waals surface area contributed by atoms with Crippen LogP contribution in [-0.4, -0.2) is 80.5 Å². The Bertz CT molecular complexity index is 2230. The van der Waals surface area contributed by atoms with Gasteiger partial charge in [0.2, 0.25) is 0 Å². The van der Waals surface area contributed by atoms with Crippen LogP contribution in [0, 0.1) is 0 Å². The Hall–Kier alpha value is -4.94. The summed E-state index contributed by atoms with van der Waals surface area (Å²) in [5, 5.41) is 0. The SMILES string of the molecule is CC(C)(C)OC(=O)N1CCCC1c1nc2ccc(-c3ccc(-c4ccc(-c5cnc(C6CCCN6C(=O)OC(C)(C)C)n5COCC[Si](C)(C)C)cc4)cc3)cc2[nH]1. The third-order valence-corrected chi connectivity index (χ3v) is 12.4. The number of H-pyrrole nitrogens is 1. The van der Waals surface area contributed by atoms with E-state index in [-0.39, 0.29) is 24.3 Å². The van der Waals surface area contributed by atoms with Gasteiger partial charge in [0.1, 0.15) is 29.6 Å². The molecule has 2 fully saturated rings. The van der Waals surface area contributed by atoms with Crippen LogP contribution in [-0.2, 0) is 20.9 Å². The predicted octanol–water partition coefficient (Wildman–Crippen LogP) is 11.2. The predicted molar refractivity (Wildman–Crippen MR) is 232 cm³/mol. The molecule has 2 saturated heterocycles. The van der Waals surface area contributed by atoms with Crippen LogP contribution >= 0.6 is 0 Å². The van der Waals surface area contributed by atoms with Crippen molar-refractivity contribution in [2.24, 2.45) is 0 Å². The van der Waals surface area contributed by atoms with Gasteiger partial charge in [-0.3, -0.25) is 9.80 Å². The van der Waals surface area contributed by atoms with Crippen LogP contribution in [0.2, 0.25) is 25.7 Å². The van der Waals surface area contributed by atoms with E-state index in [0.29, 0.717) is 26.4 Å². The van der Waals surface area contributed by atoms with Crippen molar-refractivity contribution in [3.05, 3.63) is 84.6 Å². The summed E-state index contributed by atoms with van der Waals surface area (Å²) in [6, 6.07) is 24.2. The maximum absolute atomic E-state index is 13.3. The van der Waals surface area contributed by atoms with Crippen LogP contribution in [0.3, 0.4) is 0 Å². The third kappa shape index (κ3) is 9.66. The van der Waals surface area contributed by atoms with Gasteiger partial charge in [-0.1, -0.05) is 74.2 Å². The maximum atomic E-state index is 13.3. The summed E-state index contributed by atoms with van der Waals surface area (Å²) in [6.07, 6.45) is 4.80. The number of likely N-dealkylation sites (tertiary alicyclic amines) is 2. The standard InChI is InChI=1S/C46H60N6O5Si/c1-45(2,3)56-43(53)50-24-10-12-38(50)41-48-36-23-22-35(28-37(36)49-41)33-16-14-31(15-17-33)32-18-20-34(21-19-32)40-29-47-42(52(40)30-55-26-27-58(7,8)9)39-13-11-25-51(39)44(54)57-46(4,5)6/h14-23,28-29,38-39H,10-13,24-27,30H2,1-9H3,(H,48,49). The molecule has 0 saturated carbocycles. The highest BCUT2D eigenvalue weighted by atomic mass is 28.3. The van der Waals surface area contributed by atoms with Gasteiger partial charge in [0.15, 0.2) is 0 Å². The molecule has 58 heavy (non-hydrogen) atoms. The largest absolute Gasteiger partial charge is 0.444 e. The number of nitrogens with one attached hydrogen (secondary N) is 1. The van der Waals surface area contributed by atoms with Crippen molar-refractivity contribution >= 4 is 31.3 Å². The molecular weight excluding hydrogens is 745 g/mol. The van der Waals surface area contributed by atoms with Crippen molar-refractivity contribution in [1.82, 2.24) is 29.3 Å². The summed E-state index contributed by atoms with van der Waals surface area (Å²) >= 11 is 0. The lowest BCUT2D eigenvalue weighted by Gasteiger charge is -2.29. The fraction of sp³-hybridized carbons (Fsp3) is 0.478. The molecule has 7 rings (SSSR count). The van der Waals surface area contributed by atoms with Gasteiger partial charge in [0.05, 0.1) is 35.0 Å². The van der Waals surface area contributed by atoms with E-state index < -0.39 is 19.3 Å². The number of hydrogen-bond donors (Lipinski definition) is 1. The molecule has 2 atom stereocenters. The van der Waals surface area contributed by atoms with Crippen molar-refractivity contribution in [2.75, 3.05) is 19.7 Å². The number of nitrogens with zero attached hydrogens (tertiary/aromatic N) is 5. The zero-order chi connectivity index (χ0) is 41.4. The number of aromatic nitrogens is 4. The van der Waals surface area contributed by atoms with Gasteiger partial charge in [-0.15, -0.1) is 0 Å². The molecule has 308 valence electrons. The van der Waals surface area contributed by atoms with Crippen molar-refractivity contribution in [3.63, 3.8) is 0 Å². The van der Waals surface area contributed by atoms with Gasteiger partial charge in [-0.2, -0.15) is 0 Å². The Labute approximate surface area is 344 Å². The molecule has 5 aromatic rings. The molecule has 2 unspecified atom stereocenters. The van der Waals surface area contributed by atoms with Crippen LogP contribution in [0.25, 0.3) is 44.5 Å². The van der Waals surface area contributed by atoms with Gasteiger partial charge in [0, 0.05) is 27.8 Å². The van der Waals surface area contributed by atoms with Crippen LogP contribution in [0.1, 0.15) is 91.0 Å². The number of ether oxygens (including phenoxy) is 3. The summed E-state index contributed by atoms with van der Waals surface area (Å²) < 4.78 is 19.9.